The number of rotatable bonds is 3. The maximum Gasteiger partial charge on any atom is 0.144 e. The summed E-state index contributed by atoms with van der Waals surface area (Å²) in [5, 5.41) is 8.94. The summed E-state index contributed by atoms with van der Waals surface area (Å²) in [6.45, 7) is 9.02. The van der Waals surface area contributed by atoms with Crippen LogP contribution < -0.4 is 4.74 Å². The first kappa shape index (κ1) is 17.8. The van der Waals surface area contributed by atoms with E-state index in [1.165, 1.54) is 12.1 Å². The molecule has 1 aliphatic heterocycles. The van der Waals surface area contributed by atoms with E-state index in [-0.39, 0.29) is 12.2 Å². The molecular formula is C17H21FN2O2S. The van der Waals surface area contributed by atoms with Gasteiger partial charge in [-0.15, -0.1) is 0 Å². The van der Waals surface area contributed by atoms with Crippen molar-refractivity contribution in [3.63, 3.8) is 0 Å². The van der Waals surface area contributed by atoms with Crippen LogP contribution in [0.2, 0.25) is 0 Å². The molecule has 6 heteroatoms. The van der Waals surface area contributed by atoms with Gasteiger partial charge in [0.15, 0.2) is 0 Å². The number of halogens is 1. The van der Waals surface area contributed by atoms with Gasteiger partial charge in [0.2, 0.25) is 0 Å². The molecule has 1 aliphatic rings. The summed E-state index contributed by atoms with van der Waals surface area (Å²) in [6.07, 6.45) is 0.684. The molecule has 0 aliphatic carbocycles. The van der Waals surface area contributed by atoms with Crippen LogP contribution in [-0.2, 0) is 17.8 Å². The van der Waals surface area contributed by atoms with Crippen LogP contribution in [0.3, 0.4) is 0 Å². The molecule has 124 valence electrons. The summed E-state index contributed by atoms with van der Waals surface area (Å²) in [5.74, 6) is 0.149. The minimum Gasteiger partial charge on any atom is -0.591 e. The van der Waals surface area contributed by atoms with Crippen molar-refractivity contribution in [2.24, 2.45) is 4.40 Å². The van der Waals surface area contributed by atoms with Crippen LogP contribution in [0.15, 0.2) is 16.5 Å². The van der Waals surface area contributed by atoms with Crippen molar-refractivity contribution in [1.82, 2.24) is 0 Å². The molecule has 0 N–H and O–H groups in total. The van der Waals surface area contributed by atoms with Gasteiger partial charge < -0.3 is 9.29 Å². The predicted octanol–water partition coefficient (Wildman–Crippen LogP) is 3.70. The summed E-state index contributed by atoms with van der Waals surface area (Å²) in [5.41, 5.74) is 1.02. The summed E-state index contributed by atoms with van der Waals surface area (Å²) in [6, 6.07) is 4.87. The first-order valence-electron chi connectivity index (χ1n) is 7.42. The van der Waals surface area contributed by atoms with Gasteiger partial charge in [-0.3, -0.25) is 0 Å². The van der Waals surface area contributed by atoms with Crippen LogP contribution >= 0.6 is 0 Å². The molecule has 0 saturated carbocycles. The number of hydrogen-bond donors (Lipinski definition) is 0. The zero-order chi connectivity index (χ0) is 17.4. The second-order valence-electron chi connectivity index (χ2n) is 7.04. The van der Waals surface area contributed by atoms with E-state index in [9.17, 15) is 8.94 Å². The zero-order valence-electron chi connectivity index (χ0n) is 14.1. The van der Waals surface area contributed by atoms with Gasteiger partial charge in [-0.05, 0) is 46.8 Å². The molecule has 0 saturated heterocycles. The van der Waals surface area contributed by atoms with E-state index in [0.717, 1.165) is 0 Å². The molecule has 1 aromatic carbocycles. The zero-order valence-corrected chi connectivity index (χ0v) is 14.9. The monoisotopic (exact) mass is 336 g/mol. The Kier molecular flexibility index (Phi) is 4.74. The number of fused-ring (bicyclic) bond motifs is 1. The van der Waals surface area contributed by atoms with Crippen LogP contribution in [0.1, 0.15) is 52.2 Å². The Bertz CT molecular complexity index is 691. The fourth-order valence-electron chi connectivity index (χ4n) is 2.43. The number of ether oxygens (including phenoxy) is 1. The highest BCUT2D eigenvalue weighted by Crippen LogP contribution is 2.40. The molecule has 1 heterocycles. The number of nitrogens with zero attached hydrogens (tertiary/aromatic N) is 2. The fourth-order valence-corrected chi connectivity index (χ4v) is 3.05. The Morgan fingerprint density at radius 3 is 2.74 bits per heavy atom. The second kappa shape index (κ2) is 6.14. The van der Waals surface area contributed by atoms with E-state index >= 15 is 0 Å². The van der Waals surface area contributed by atoms with Crippen molar-refractivity contribution in [3.05, 3.63) is 29.1 Å². The molecule has 0 amide bonds. The summed E-state index contributed by atoms with van der Waals surface area (Å²) >= 11 is -1.44. The standard InChI is InChI=1S/C17H21FN2O2S/c1-11(20-23(21)16(2,3)4)14-9-13(18)8-12-10-17(5,6-7-19)22-15(12)14/h8-9H,6,10H2,1-5H3. The molecule has 23 heavy (non-hydrogen) atoms. The molecule has 0 spiro atoms. The van der Waals surface area contributed by atoms with E-state index < -0.39 is 21.7 Å². The first-order chi connectivity index (χ1) is 10.6. The van der Waals surface area contributed by atoms with Gasteiger partial charge in [-0.25, -0.2) is 4.39 Å². The van der Waals surface area contributed by atoms with Crippen molar-refractivity contribution in [2.75, 3.05) is 0 Å². The van der Waals surface area contributed by atoms with E-state index in [4.69, 9.17) is 10.00 Å². The topological polar surface area (TPSA) is 68.4 Å². The maximum atomic E-state index is 13.9. The van der Waals surface area contributed by atoms with E-state index in [1.807, 2.05) is 27.7 Å². The van der Waals surface area contributed by atoms with Gasteiger partial charge in [0, 0.05) is 17.5 Å². The molecule has 0 bridgehead atoms. The van der Waals surface area contributed by atoms with Crippen LogP contribution in [-0.4, -0.2) is 20.6 Å². The number of nitriles is 1. The molecule has 2 unspecified atom stereocenters. The lowest BCUT2D eigenvalue weighted by Crippen LogP contribution is -2.29. The van der Waals surface area contributed by atoms with Crippen LogP contribution in [0.4, 0.5) is 4.39 Å². The SMILES string of the molecule is CC(=N[S+]([O-])C(C)(C)C)c1cc(F)cc2c1OC(C)(CC#N)C2. The van der Waals surface area contributed by atoms with Crippen molar-refractivity contribution in [1.29, 1.82) is 5.26 Å². The molecule has 2 rings (SSSR count). The molecule has 0 fully saturated rings. The normalized spacial score (nSPS) is 22.3. The van der Waals surface area contributed by atoms with Gasteiger partial charge in [-0.1, -0.05) is 4.40 Å². The van der Waals surface area contributed by atoms with Crippen LogP contribution in [0.5, 0.6) is 5.75 Å². The maximum absolute atomic E-state index is 13.9. The van der Waals surface area contributed by atoms with E-state index in [0.29, 0.717) is 29.0 Å². The molecule has 4 nitrogen and oxygen atoms in total. The third kappa shape index (κ3) is 3.85. The van der Waals surface area contributed by atoms with Gasteiger partial charge in [0.1, 0.15) is 33.3 Å². The van der Waals surface area contributed by atoms with Crippen molar-refractivity contribution >= 4 is 17.1 Å². The molecule has 2 atom stereocenters. The molecule has 1 aromatic rings. The highest BCUT2D eigenvalue weighted by Gasteiger charge is 2.37. The number of hydrogen-bond acceptors (Lipinski definition) is 4. The smallest absolute Gasteiger partial charge is 0.144 e. The average Bonchev–Trinajstić information content (AvgIpc) is 2.72. The lowest BCUT2D eigenvalue weighted by molar-refractivity contribution is 0.121. The Morgan fingerprint density at radius 2 is 2.17 bits per heavy atom. The Labute approximate surface area is 139 Å². The molecular weight excluding hydrogens is 315 g/mol. The van der Waals surface area contributed by atoms with E-state index in [2.05, 4.69) is 10.5 Å². The lowest BCUT2D eigenvalue weighted by atomic mass is 9.95. The fraction of sp³-hybridized carbons (Fsp3) is 0.529. The van der Waals surface area contributed by atoms with Gasteiger partial charge in [-0.2, -0.15) is 5.26 Å². The minimum absolute atomic E-state index is 0.215. The summed E-state index contributed by atoms with van der Waals surface area (Å²) < 4.78 is 35.8. The van der Waals surface area contributed by atoms with Crippen LogP contribution in [0, 0.1) is 17.1 Å². The second-order valence-corrected chi connectivity index (χ2v) is 8.95. The predicted molar refractivity (Wildman–Crippen MR) is 89.5 cm³/mol. The highest BCUT2D eigenvalue weighted by atomic mass is 32.2. The average molecular weight is 336 g/mol. The molecule has 0 aromatic heterocycles. The third-order valence-corrected chi connectivity index (χ3v) is 5.12. The Hall–Kier alpha value is -1.58. The van der Waals surface area contributed by atoms with Crippen LogP contribution in [0.25, 0.3) is 0 Å². The first-order valence-corrected chi connectivity index (χ1v) is 8.52. The Morgan fingerprint density at radius 1 is 1.52 bits per heavy atom. The quantitative estimate of drug-likeness (QED) is 0.624. The lowest BCUT2D eigenvalue weighted by Gasteiger charge is -2.21. The third-order valence-electron chi connectivity index (χ3n) is 3.63. The van der Waals surface area contributed by atoms with Crippen molar-refractivity contribution < 1.29 is 13.7 Å². The summed E-state index contributed by atoms with van der Waals surface area (Å²) in [4.78, 5) is 0. The van der Waals surface area contributed by atoms with Gasteiger partial charge >= 0.3 is 0 Å². The largest absolute Gasteiger partial charge is 0.591 e. The van der Waals surface area contributed by atoms with Crippen molar-refractivity contribution in [3.8, 4) is 11.8 Å². The van der Waals surface area contributed by atoms with Crippen molar-refractivity contribution in [2.45, 2.75) is 57.8 Å². The highest BCUT2D eigenvalue weighted by molar-refractivity contribution is 7.91. The summed E-state index contributed by atoms with van der Waals surface area (Å²) in [7, 11) is 0. The van der Waals surface area contributed by atoms with Gasteiger partial charge in [0.05, 0.1) is 18.2 Å². The number of benzene rings is 1. The molecule has 0 radical (unpaired) electrons. The van der Waals surface area contributed by atoms with Gasteiger partial charge in [0.25, 0.3) is 0 Å². The minimum atomic E-state index is -1.44. The van der Waals surface area contributed by atoms with E-state index in [1.54, 1.807) is 6.92 Å². The Balaban J connectivity index is 2.44.